The van der Waals surface area contributed by atoms with E-state index >= 15 is 0 Å². The summed E-state index contributed by atoms with van der Waals surface area (Å²) in [5, 5.41) is 11.8. The predicted molar refractivity (Wildman–Crippen MR) is 82.0 cm³/mol. The molecule has 0 aliphatic carbocycles. The largest absolute Gasteiger partial charge is 0.317 e. The number of hydrogen-bond acceptors (Lipinski definition) is 7. The Balaban J connectivity index is 2.06. The molecular weight excluding hydrogens is 316 g/mol. The van der Waals surface area contributed by atoms with Gasteiger partial charge >= 0.3 is 0 Å². The van der Waals surface area contributed by atoms with E-state index in [9.17, 15) is 8.42 Å². The van der Waals surface area contributed by atoms with Gasteiger partial charge in [-0.1, -0.05) is 18.3 Å². The quantitative estimate of drug-likeness (QED) is 0.756. The van der Waals surface area contributed by atoms with E-state index in [-0.39, 0.29) is 0 Å². The van der Waals surface area contributed by atoms with Gasteiger partial charge in [-0.2, -0.15) is 0 Å². The maximum absolute atomic E-state index is 12.2. The zero-order valence-corrected chi connectivity index (χ0v) is 13.7. The average molecular weight is 332 g/mol. The van der Waals surface area contributed by atoms with Crippen LogP contribution in [0.3, 0.4) is 0 Å². The number of nitrogens with one attached hydrogen (secondary N) is 2. The maximum atomic E-state index is 12.2. The normalized spacial score (nSPS) is 11.7. The van der Waals surface area contributed by atoms with Gasteiger partial charge in [-0.25, -0.2) is 8.42 Å². The lowest BCUT2D eigenvalue weighted by molar-refractivity contribution is 0.603. The molecular formula is C11H16N4O2S3. The molecule has 0 radical (unpaired) electrons. The number of anilines is 1. The highest BCUT2D eigenvalue weighted by Crippen LogP contribution is 2.25. The first-order valence-electron chi connectivity index (χ1n) is 6.13. The van der Waals surface area contributed by atoms with Gasteiger partial charge in [-0.15, -0.1) is 21.5 Å². The van der Waals surface area contributed by atoms with Gasteiger partial charge in [0, 0.05) is 4.88 Å². The molecule has 20 heavy (non-hydrogen) atoms. The monoisotopic (exact) mass is 332 g/mol. The second-order valence-electron chi connectivity index (χ2n) is 4.06. The van der Waals surface area contributed by atoms with Gasteiger partial charge in [0.25, 0.3) is 10.0 Å². The number of rotatable bonds is 7. The Morgan fingerprint density at radius 3 is 2.70 bits per heavy atom. The molecule has 0 aromatic carbocycles. The van der Waals surface area contributed by atoms with Crippen molar-refractivity contribution in [2.45, 2.75) is 24.5 Å². The van der Waals surface area contributed by atoms with Crippen molar-refractivity contribution in [1.82, 2.24) is 15.5 Å². The smallest absolute Gasteiger partial charge is 0.273 e. The molecule has 0 aliphatic heterocycles. The Morgan fingerprint density at radius 1 is 1.25 bits per heavy atom. The number of thiophene rings is 1. The second kappa shape index (κ2) is 6.61. The number of hydrogen-bond donors (Lipinski definition) is 2. The van der Waals surface area contributed by atoms with Gasteiger partial charge in [0.1, 0.15) is 9.22 Å². The highest BCUT2D eigenvalue weighted by atomic mass is 32.2. The molecule has 0 aliphatic rings. The van der Waals surface area contributed by atoms with Gasteiger partial charge in [-0.05, 0) is 38.6 Å². The van der Waals surface area contributed by atoms with E-state index < -0.39 is 10.0 Å². The van der Waals surface area contributed by atoms with Crippen LogP contribution in [0.2, 0.25) is 0 Å². The van der Waals surface area contributed by atoms with Crippen LogP contribution >= 0.6 is 22.7 Å². The zero-order chi connectivity index (χ0) is 14.6. The Kier molecular flexibility index (Phi) is 5.08. The van der Waals surface area contributed by atoms with Gasteiger partial charge in [0.15, 0.2) is 0 Å². The van der Waals surface area contributed by atoms with Crippen LogP contribution in [0.15, 0.2) is 16.3 Å². The van der Waals surface area contributed by atoms with Crippen molar-refractivity contribution in [3.63, 3.8) is 0 Å². The molecule has 0 spiro atoms. The predicted octanol–water partition coefficient (Wildman–Crippen LogP) is 1.86. The third-order valence-electron chi connectivity index (χ3n) is 2.45. The SMILES string of the molecule is CCNCCc1ccc(S(=O)(=O)Nc2nnc(C)s2)s1. The number of aryl methyl sites for hydroxylation is 1. The van der Waals surface area contributed by atoms with Crippen molar-refractivity contribution in [3.8, 4) is 0 Å². The summed E-state index contributed by atoms with van der Waals surface area (Å²) < 4.78 is 27.1. The Hall–Kier alpha value is -1.03. The molecule has 2 heterocycles. The van der Waals surface area contributed by atoms with E-state index in [1.807, 2.05) is 13.0 Å². The third-order valence-corrected chi connectivity index (χ3v) is 6.31. The summed E-state index contributed by atoms with van der Waals surface area (Å²) in [6.45, 7) is 5.58. The van der Waals surface area contributed by atoms with E-state index in [1.54, 1.807) is 13.0 Å². The fourth-order valence-corrected chi connectivity index (χ4v) is 4.71. The molecule has 2 aromatic heterocycles. The van der Waals surface area contributed by atoms with Crippen LogP contribution in [0, 0.1) is 6.92 Å². The molecule has 2 aromatic rings. The molecule has 9 heteroatoms. The molecule has 0 saturated heterocycles. The molecule has 0 atom stereocenters. The lowest BCUT2D eigenvalue weighted by Crippen LogP contribution is -2.15. The first kappa shape index (κ1) is 15.4. The van der Waals surface area contributed by atoms with Crippen LogP contribution in [0.1, 0.15) is 16.8 Å². The van der Waals surface area contributed by atoms with Crippen molar-refractivity contribution in [2.75, 3.05) is 17.8 Å². The fraction of sp³-hybridized carbons (Fsp3) is 0.455. The van der Waals surface area contributed by atoms with Crippen molar-refractivity contribution in [2.24, 2.45) is 0 Å². The van der Waals surface area contributed by atoms with Gasteiger partial charge < -0.3 is 5.32 Å². The molecule has 0 saturated carbocycles. The van der Waals surface area contributed by atoms with E-state index in [1.165, 1.54) is 22.7 Å². The Morgan fingerprint density at radius 2 is 2.05 bits per heavy atom. The van der Waals surface area contributed by atoms with Gasteiger partial charge in [-0.3, -0.25) is 4.72 Å². The lowest BCUT2D eigenvalue weighted by atomic mass is 10.3. The van der Waals surface area contributed by atoms with Crippen molar-refractivity contribution < 1.29 is 8.42 Å². The average Bonchev–Trinajstić information content (AvgIpc) is 2.99. The summed E-state index contributed by atoms with van der Waals surface area (Å²) in [5.74, 6) is 0. The van der Waals surface area contributed by atoms with Crippen molar-refractivity contribution in [1.29, 1.82) is 0 Å². The molecule has 0 amide bonds. The standard InChI is InChI=1S/C11H16N4O2S3/c1-3-12-7-6-9-4-5-10(19-9)20(16,17)15-11-14-13-8(2)18-11/h4-5,12H,3,6-7H2,1-2H3,(H,14,15). The highest BCUT2D eigenvalue weighted by molar-refractivity contribution is 7.94. The molecule has 0 unspecified atom stereocenters. The lowest BCUT2D eigenvalue weighted by Gasteiger charge is -2.01. The summed E-state index contributed by atoms with van der Waals surface area (Å²) in [4.78, 5) is 1.04. The first-order valence-corrected chi connectivity index (χ1v) is 9.25. The first-order chi connectivity index (χ1) is 9.51. The highest BCUT2D eigenvalue weighted by Gasteiger charge is 2.18. The topological polar surface area (TPSA) is 84.0 Å². The van der Waals surface area contributed by atoms with Crippen LogP contribution in [0.5, 0.6) is 0 Å². The zero-order valence-electron chi connectivity index (χ0n) is 11.2. The fourth-order valence-electron chi connectivity index (χ4n) is 1.53. The molecule has 6 nitrogen and oxygen atoms in total. The van der Waals surface area contributed by atoms with Gasteiger partial charge in [0.05, 0.1) is 0 Å². The Bertz CT molecular complexity index is 663. The summed E-state index contributed by atoms with van der Waals surface area (Å²) >= 11 is 2.50. The molecule has 0 bridgehead atoms. The van der Waals surface area contributed by atoms with Crippen molar-refractivity contribution in [3.05, 3.63) is 22.0 Å². The minimum absolute atomic E-state index is 0.296. The summed E-state index contributed by atoms with van der Waals surface area (Å²) in [7, 11) is -3.55. The van der Waals surface area contributed by atoms with Gasteiger partial charge in [0.2, 0.25) is 5.13 Å². The van der Waals surface area contributed by atoms with Crippen molar-refractivity contribution >= 4 is 37.8 Å². The van der Waals surface area contributed by atoms with Crippen LogP contribution in [-0.2, 0) is 16.4 Å². The number of likely N-dealkylation sites (N-methyl/N-ethyl adjacent to an activating group) is 1. The molecule has 110 valence electrons. The number of sulfonamides is 1. The summed E-state index contributed by atoms with van der Waals surface area (Å²) in [6.07, 6.45) is 0.825. The van der Waals surface area contributed by atoms with E-state index in [4.69, 9.17) is 0 Å². The summed E-state index contributed by atoms with van der Waals surface area (Å²) in [5.41, 5.74) is 0. The molecule has 2 N–H and O–H groups in total. The minimum Gasteiger partial charge on any atom is -0.317 e. The van der Waals surface area contributed by atoms with Crippen LogP contribution in [-0.4, -0.2) is 31.7 Å². The number of nitrogens with zero attached hydrogens (tertiary/aromatic N) is 2. The summed E-state index contributed by atoms with van der Waals surface area (Å²) in [6, 6.07) is 3.48. The van der Waals surface area contributed by atoms with Crippen LogP contribution in [0.4, 0.5) is 5.13 Å². The second-order valence-corrected chi connectivity index (χ2v) is 8.32. The Labute approximate surface area is 126 Å². The van der Waals surface area contributed by atoms with E-state index in [0.29, 0.717) is 9.34 Å². The molecule has 0 fully saturated rings. The van der Waals surface area contributed by atoms with Crippen LogP contribution < -0.4 is 10.0 Å². The third kappa shape index (κ3) is 3.98. The van der Waals surface area contributed by atoms with Crippen LogP contribution in [0.25, 0.3) is 0 Å². The molecule has 2 rings (SSSR count). The maximum Gasteiger partial charge on any atom is 0.273 e. The van der Waals surface area contributed by atoms with E-state index in [2.05, 4.69) is 20.2 Å². The van der Waals surface area contributed by atoms with E-state index in [0.717, 1.165) is 29.4 Å². The minimum atomic E-state index is -3.55. The number of aromatic nitrogens is 2.